The molecule has 2 heterocycles. The number of carbonyl (C=O) groups is 1. The molecule has 8 heteroatoms. The fraction of sp³-hybridized carbons (Fsp3) is 0.400. The van der Waals surface area contributed by atoms with Crippen LogP contribution in [0.1, 0.15) is 44.6 Å². The maximum atomic E-state index is 14.3. The Bertz CT molecular complexity index is 1100. The van der Waals surface area contributed by atoms with Crippen LogP contribution in [0.4, 0.5) is 15.8 Å². The Kier molecular flexibility index (Phi) is 6.62. The highest BCUT2D eigenvalue weighted by molar-refractivity contribution is 7.99. The van der Waals surface area contributed by atoms with E-state index in [4.69, 9.17) is 0 Å². The van der Waals surface area contributed by atoms with Gasteiger partial charge in [0.2, 0.25) is 5.91 Å². The van der Waals surface area contributed by atoms with E-state index in [2.05, 4.69) is 32.5 Å². The predicted molar refractivity (Wildman–Crippen MR) is 130 cm³/mol. The fourth-order valence-corrected chi connectivity index (χ4v) is 5.08. The molecule has 2 fully saturated rings. The standard InChI is InChI=1S/C25H28FN5OS/c26-22-8-4-3-7-21(22)24-28-29-25(31(24)20-13-14-20)33-17-23(32)27-18-9-11-19(12-10-18)30-15-5-1-2-6-16-30/h3-4,7-12,20H,1-2,5-6,13-17H2,(H,27,32). The van der Waals surface area contributed by atoms with E-state index in [0.717, 1.165) is 31.6 Å². The van der Waals surface area contributed by atoms with E-state index < -0.39 is 0 Å². The Morgan fingerprint density at radius 2 is 1.73 bits per heavy atom. The van der Waals surface area contributed by atoms with Crippen LogP contribution in [0.25, 0.3) is 11.4 Å². The third-order valence-electron chi connectivity index (χ3n) is 6.15. The summed E-state index contributed by atoms with van der Waals surface area (Å²) < 4.78 is 16.3. The largest absolute Gasteiger partial charge is 0.372 e. The maximum absolute atomic E-state index is 14.3. The zero-order valence-electron chi connectivity index (χ0n) is 18.5. The van der Waals surface area contributed by atoms with E-state index in [0.29, 0.717) is 16.5 Å². The van der Waals surface area contributed by atoms with E-state index in [1.807, 2.05) is 16.7 Å². The molecule has 1 saturated carbocycles. The van der Waals surface area contributed by atoms with E-state index in [9.17, 15) is 9.18 Å². The van der Waals surface area contributed by atoms with Gasteiger partial charge >= 0.3 is 0 Å². The van der Waals surface area contributed by atoms with Gasteiger partial charge in [-0.05, 0) is 62.1 Å². The van der Waals surface area contributed by atoms with Crippen molar-refractivity contribution in [3.05, 3.63) is 54.3 Å². The second-order valence-corrected chi connectivity index (χ2v) is 9.61. The molecule has 1 saturated heterocycles. The molecular weight excluding hydrogens is 437 g/mol. The molecule has 1 amide bonds. The number of anilines is 2. The number of thioether (sulfide) groups is 1. The molecule has 1 aliphatic carbocycles. The van der Waals surface area contributed by atoms with Crippen LogP contribution in [0.2, 0.25) is 0 Å². The number of hydrogen-bond acceptors (Lipinski definition) is 5. The van der Waals surface area contributed by atoms with Gasteiger partial charge in [-0.25, -0.2) is 4.39 Å². The molecule has 172 valence electrons. The van der Waals surface area contributed by atoms with Crippen LogP contribution in [0.3, 0.4) is 0 Å². The molecule has 3 aromatic rings. The number of halogens is 1. The molecule has 2 aliphatic rings. The van der Waals surface area contributed by atoms with Crippen molar-refractivity contribution in [2.75, 3.05) is 29.1 Å². The summed E-state index contributed by atoms with van der Waals surface area (Å²) in [7, 11) is 0. The van der Waals surface area contributed by atoms with Crippen molar-refractivity contribution in [1.82, 2.24) is 14.8 Å². The van der Waals surface area contributed by atoms with Crippen LogP contribution in [0.15, 0.2) is 53.7 Å². The molecule has 0 bridgehead atoms. The van der Waals surface area contributed by atoms with E-state index in [-0.39, 0.29) is 23.5 Å². The third-order valence-corrected chi connectivity index (χ3v) is 7.09. The van der Waals surface area contributed by atoms with Crippen molar-refractivity contribution in [2.45, 2.75) is 49.7 Å². The lowest BCUT2D eigenvalue weighted by Gasteiger charge is -2.22. The average molecular weight is 466 g/mol. The number of benzene rings is 2. The number of aromatic nitrogens is 3. The smallest absolute Gasteiger partial charge is 0.234 e. The summed E-state index contributed by atoms with van der Waals surface area (Å²) in [5, 5.41) is 12.1. The minimum Gasteiger partial charge on any atom is -0.372 e. The number of amides is 1. The van der Waals surface area contributed by atoms with Gasteiger partial charge in [-0.2, -0.15) is 0 Å². The van der Waals surface area contributed by atoms with Crippen molar-refractivity contribution in [3.8, 4) is 11.4 Å². The molecule has 0 radical (unpaired) electrons. The zero-order valence-corrected chi connectivity index (χ0v) is 19.4. The number of nitrogens with one attached hydrogen (secondary N) is 1. The van der Waals surface area contributed by atoms with Crippen LogP contribution < -0.4 is 10.2 Å². The lowest BCUT2D eigenvalue weighted by Crippen LogP contribution is -2.23. The van der Waals surface area contributed by atoms with Crippen LogP contribution in [0, 0.1) is 5.82 Å². The van der Waals surface area contributed by atoms with E-state index in [1.54, 1.807) is 18.2 Å². The van der Waals surface area contributed by atoms with Crippen molar-refractivity contribution < 1.29 is 9.18 Å². The lowest BCUT2D eigenvalue weighted by atomic mass is 10.2. The Morgan fingerprint density at radius 1 is 1.00 bits per heavy atom. The summed E-state index contributed by atoms with van der Waals surface area (Å²) in [4.78, 5) is 15.0. The second kappa shape index (κ2) is 9.95. The van der Waals surface area contributed by atoms with Gasteiger partial charge in [-0.1, -0.05) is 36.7 Å². The molecule has 0 atom stereocenters. The summed E-state index contributed by atoms with van der Waals surface area (Å²) >= 11 is 1.34. The Balaban J connectivity index is 1.21. The molecular formula is C25H28FN5OS. The molecule has 1 aromatic heterocycles. The first-order chi connectivity index (χ1) is 16.2. The zero-order chi connectivity index (χ0) is 22.6. The Labute approximate surface area is 197 Å². The summed E-state index contributed by atoms with van der Waals surface area (Å²) in [6.45, 7) is 2.19. The summed E-state index contributed by atoms with van der Waals surface area (Å²) in [5.41, 5.74) is 2.44. The van der Waals surface area contributed by atoms with Gasteiger partial charge < -0.3 is 10.2 Å². The van der Waals surface area contributed by atoms with Crippen LogP contribution in [0.5, 0.6) is 0 Å². The highest BCUT2D eigenvalue weighted by Gasteiger charge is 2.31. The van der Waals surface area contributed by atoms with Gasteiger partial charge in [0.05, 0.1) is 11.3 Å². The lowest BCUT2D eigenvalue weighted by molar-refractivity contribution is -0.113. The molecule has 0 spiro atoms. The topological polar surface area (TPSA) is 63.1 Å². The second-order valence-electron chi connectivity index (χ2n) is 8.67. The highest BCUT2D eigenvalue weighted by Crippen LogP contribution is 2.41. The molecule has 6 nitrogen and oxygen atoms in total. The minimum absolute atomic E-state index is 0.0969. The molecule has 0 unspecified atom stereocenters. The van der Waals surface area contributed by atoms with Gasteiger partial charge in [0.1, 0.15) is 5.82 Å². The first-order valence-electron chi connectivity index (χ1n) is 11.7. The van der Waals surface area contributed by atoms with Gasteiger partial charge in [0.15, 0.2) is 11.0 Å². The molecule has 5 rings (SSSR count). The van der Waals surface area contributed by atoms with Crippen LogP contribution >= 0.6 is 11.8 Å². The van der Waals surface area contributed by atoms with Gasteiger partial charge in [0.25, 0.3) is 0 Å². The summed E-state index contributed by atoms with van der Waals surface area (Å²) in [5.74, 6) is 0.336. The van der Waals surface area contributed by atoms with E-state index in [1.165, 1.54) is 49.2 Å². The predicted octanol–water partition coefficient (Wildman–Crippen LogP) is 5.53. The Morgan fingerprint density at radius 3 is 2.42 bits per heavy atom. The maximum Gasteiger partial charge on any atom is 0.234 e. The van der Waals surface area contributed by atoms with Gasteiger partial charge in [-0.15, -0.1) is 10.2 Å². The first-order valence-corrected chi connectivity index (χ1v) is 12.6. The van der Waals surface area contributed by atoms with Crippen molar-refractivity contribution >= 4 is 29.0 Å². The highest BCUT2D eigenvalue weighted by atomic mass is 32.2. The summed E-state index contributed by atoms with van der Waals surface area (Å²) in [6, 6.07) is 15.0. The van der Waals surface area contributed by atoms with Crippen molar-refractivity contribution in [1.29, 1.82) is 0 Å². The average Bonchev–Trinajstić information content (AvgIpc) is 3.63. The van der Waals surface area contributed by atoms with E-state index >= 15 is 0 Å². The first kappa shape index (κ1) is 21.9. The van der Waals surface area contributed by atoms with Crippen LogP contribution in [-0.2, 0) is 4.79 Å². The minimum atomic E-state index is -0.315. The fourth-order valence-electron chi connectivity index (χ4n) is 4.28. The monoisotopic (exact) mass is 465 g/mol. The third kappa shape index (κ3) is 5.21. The number of hydrogen-bond donors (Lipinski definition) is 1. The normalized spacial score (nSPS) is 16.5. The number of rotatable bonds is 7. The van der Waals surface area contributed by atoms with Crippen LogP contribution in [-0.4, -0.2) is 39.5 Å². The van der Waals surface area contributed by atoms with Crippen molar-refractivity contribution in [3.63, 3.8) is 0 Å². The summed E-state index contributed by atoms with van der Waals surface area (Å²) in [6.07, 6.45) is 7.11. The number of nitrogens with zero attached hydrogens (tertiary/aromatic N) is 4. The quantitative estimate of drug-likeness (QED) is 0.465. The molecule has 33 heavy (non-hydrogen) atoms. The van der Waals surface area contributed by atoms with Crippen molar-refractivity contribution in [2.24, 2.45) is 0 Å². The number of carbonyl (C=O) groups excluding carboxylic acids is 1. The Hall–Kier alpha value is -2.87. The van der Waals surface area contributed by atoms with Gasteiger partial charge in [0, 0.05) is 30.5 Å². The SMILES string of the molecule is O=C(CSc1nnc(-c2ccccc2F)n1C1CC1)Nc1ccc(N2CCCCCC2)cc1. The molecule has 2 aromatic carbocycles. The molecule has 1 aliphatic heterocycles. The van der Waals surface area contributed by atoms with Gasteiger partial charge in [-0.3, -0.25) is 9.36 Å². The molecule has 1 N–H and O–H groups in total.